The van der Waals surface area contributed by atoms with Gasteiger partial charge in [-0.3, -0.25) is 4.79 Å². The molecule has 23 heavy (non-hydrogen) atoms. The van der Waals surface area contributed by atoms with Crippen molar-refractivity contribution < 1.29 is 24.2 Å². The first-order valence-corrected chi connectivity index (χ1v) is 8.07. The summed E-state index contributed by atoms with van der Waals surface area (Å²) < 4.78 is 4.95. The number of hydrogen-bond acceptors (Lipinski definition) is 4. The number of esters is 1. The number of carboxylic acid groups (broad SMARTS) is 1. The number of Topliss-reactive ketones (excluding diaryl/α,β-unsaturated/α-hetero) is 1. The molecule has 1 aromatic carbocycles. The van der Waals surface area contributed by atoms with E-state index in [0.717, 1.165) is 19.3 Å². The minimum Gasteiger partial charge on any atom is -0.478 e. The van der Waals surface area contributed by atoms with Crippen molar-refractivity contribution in [3.8, 4) is 0 Å². The number of carbonyl (C=O) groups is 3. The highest BCUT2D eigenvalue weighted by molar-refractivity contribution is 6.34. The highest BCUT2D eigenvalue weighted by atomic mass is 16.5. The molecule has 5 nitrogen and oxygen atoms in total. The Bertz CT molecular complexity index is 536. The molecule has 0 heterocycles. The van der Waals surface area contributed by atoms with Gasteiger partial charge in [0.2, 0.25) is 5.78 Å². The van der Waals surface area contributed by atoms with Gasteiger partial charge in [-0.25, -0.2) is 9.59 Å². The summed E-state index contributed by atoms with van der Waals surface area (Å²) in [5, 5.41) is 9.05. The molecule has 0 aliphatic heterocycles. The fourth-order valence-corrected chi connectivity index (χ4v) is 2.26. The molecule has 0 amide bonds. The molecular weight excluding hydrogens is 296 g/mol. The van der Waals surface area contributed by atoms with Crippen molar-refractivity contribution >= 4 is 17.7 Å². The van der Waals surface area contributed by atoms with Crippen LogP contribution in [0.25, 0.3) is 0 Å². The highest BCUT2D eigenvalue weighted by Gasteiger charge is 2.19. The van der Waals surface area contributed by atoms with Gasteiger partial charge in [0.25, 0.3) is 0 Å². The molecule has 0 fully saturated rings. The molecular formula is C18H24O5. The summed E-state index contributed by atoms with van der Waals surface area (Å²) in [5.41, 5.74) is 0.353. The smallest absolute Gasteiger partial charge is 0.374 e. The lowest BCUT2D eigenvalue weighted by atomic mass is 10.0. The van der Waals surface area contributed by atoms with Gasteiger partial charge in [0.1, 0.15) is 0 Å². The Hall–Kier alpha value is -2.17. The van der Waals surface area contributed by atoms with Gasteiger partial charge in [-0.15, -0.1) is 0 Å². The van der Waals surface area contributed by atoms with E-state index >= 15 is 0 Å². The lowest BCUT2D eigenvalue weighted by Crippen LogP contribution is -2.21. The second kappa shape index (κ2) is 10.5. The predicted octanol–water partition coefficient (Wildman–Crippen LogP) is 3.40. The van der Waals surface area contributed by atoms with Crippen molar-refractivity contribution in [2.45, 2.75) is 51.9 Å². The maximum atomic E-state index is 11.8. The third-order valence-corrected chi connectivity index (χ3v) is 3.56. The van der Waals surface area contributed by atoms with E-state index in [2.05, 4.69) is 6.92 Å². The zero-order valence-corrected chi connectivity index (χ0v) is 13.5. The zero-order chi connectivity index (χ0) is 17.1. The first-order chi connectivity index (χ1) is 11.1. The summed E-state index contributed by atoms with van der Waals surface area (Å²) in [7, 11) is 0. The Morgan fingerprint density at radius 1 is 1.00 bits per heavy atom. The monoisotopic (exact) mass is 320 g/mol. The zero-order valence-electron chi connectivity index (χ0n) is 13.5. The maximum absolute atomic E-state index is 11.8. The van der Waals surface area contributed by atoms with Crippen molar-refractivity contribution in [1.82, 2.24) is 0 Å². The molecule has 1 rings (SSSR count). The minimum absolute atomic E-state index is 0.0320. The van der Waals surface area contributed by atoms with Gasteiger partial charge in [-0.05, 0) is 18.1 Å². The second-order valence-electron chi connectivity index (χ2n) is 5.47. The topological polar surface area (TPSA) is 80.7 Å². The lowest BCUT2D eigenvalue weighted by Gasteiger charge is -2.06. The average molecular weight is 320 g/mol. The van der Waals surface area contributed by atoms with Crippen molar-refractivity contribution in [2.24, 2.45) is 0 Å². The van der Waals surface area contributed by atoms with E-state index in [0.29, 0.717) is 5.56 Å². The summed E-state index contributed by atoms with van der Waals surface area (Å²) in [6.45, 7) is 2.38. The molecule has 5 heteroatoms. The maximum Gasteiger partial charge on any atom is 0.374 e. The van der Waals surface area contributed by atoms with Gasteiger partial charge >= 0.3 is 11.9 Å². The standard InChI is InChI=1S/C18H24O5/c1-2-3-4-5-6-9-12-23-18(22)16(19)13-14-10-7-8-11-15(14)17(20)21/h7-8,10-11H,2-6,9,12-13H2,1H3,(H,20,21). The molecule has 0 saturated heterocycles. The molecule has 0 aliphatic carbocycles. The Morgan fingerprint density at radius 2 is 1.65 bits per heavy atom. The summed E-state index contributed by atoms with van der Waals surface area (Å²) >= 11 is 0. The van der Waals surface area contributed by atoms with E-state index in [1.165, 1.54) is 31.4 Å². The van der Waals surface area contributed by atoms with E-state index < -0.39 is 17.7 Å². The van der Waals surface area contributed by atoms with E-state index in [1.54, 1.807) is 12.1 Å². The molecule has 126 valence electrons. The van der Waals surface area contributed by atoms with Crippen LogP contribution in [-0.4, -0.2) is 29.4 Å². The van der Waals surface area contributed by atoms with Crippen LogP contribution in [0.4, 0.5) is 0 Å². The first kappa shape index (κ1) is 18.9. The summed E-state index contributed by atoms with van der Waals surface area (Å²) in [6.07, 6.45) is 6.14. The largest absolute Gasteiger partial charge is 0.478 e. The van der Waals surface area contributed by atoms with Crippen LogP contribution in [-0.2, 0) is 20.7 Å². The SMILES string of the molecule is CCCCCCCCOC(=O)C(=O)Cc1ccccc1C(=O)O. The minimum atomic E-state index is -1.12. The summed E-state index contributed by atoms with van der Waals surface area (Å²) in [5.74, 6) is -2.72. The number of ether oxygens (including phenoxy) is 1. The van der Waals surface area contributed by atoms with Gasteiger partial charge in [-0.2, -0.15) is 0 Å². The van der Waals surface area contributed by atoms with Crippen LogP contribution in [0, 0.1) is 0 Å². The summed E-state index contributed by atoms with van der Waals surface area (Å²) in [6, 6.07) is 6.15. The predicted molar refractivity (Wildman–Crippen MR) is 86.4 cm³/mol. The van der Waals surface area contributed by atoms with Crippen LogP contribution in [0.5, 0.6) is 0 Å². The number of hydrogen-bond donors (Lipinski definition) is 1. The number of carbonyl (C=O) groups excluding carboxylic acids is 2. The molecule has 0 bridgehead atoms. The average Bonchev–Trinajstić information content (AvgIpc) is 2.54. The molecule has 0 saturated carbocycles. The van der Waals surface area contributed by atoms with E-state index in [-0.39, 0.29) is 18.6 Å². The van der Waals surface area contributed by atoms with Crippen LogP contribution in [0.1, 0.15) is 61.4 Å². The van der Waals surface area contributed by atoms with Crippen LogP contribution in [0.3, 0.4) is 0 Å². The normalized spacial score (nSPS) is 10.3. The third-order valence-electron chi connectivity index (χ3n) is 3.56. The summed E-state index contributed by atoms with van der Waals surface area (Å²) in [4.78, 5) is 34.5. The van der Waals surface area contributed by atoms with Gasteiger partial charge in [-0.1, -0.05) is 57.2 Å². The molecule has 1 N–H and O–H groups in total. The molecule has 0 aliphatic rings. The lowest BCUT2D eigenvalue weighted by molar-refractivity contribution is -0.153. The number of ketones is 1. The van der Waals surface area contributed by atoms with E-state index in [9.17, 15) is 14.4 Å². The van der Waals surface area contributed by atoms with Gasteiger partial charge in [0.05, 0.1) is 12.2 Å². The molecule has 0 unspecified atom stereocenters. The fourth-order valence-electron chi connectivity index (χ4n) is 2.26. The molecule has 0 spiro atoms. The fraction of sp³-hybridized carbons (Fsp3) is 0.500. The van der Waals surface area contributed by atoms with Gasteiger partial charge < -0.3 is 9.84 Å². The van der Waals surface area contributed by atoms with Crippen LogP contribution < -0.4 is 0 Å². The van der Waals surface area contributed by atoms with Crippen LogP contribution in [0.2, 0.25) is 0 Å². The number of unbranched alkanes of at least 4 members (excludes halogenated alkanes) is 5. The molecule has 0 aromatic heterocycles. The Balaban J connectivity index is 2.35. The van der Waals surface area contributed by atoms with Crippen molar-refractivity contribution in [3.63, 3.8) is 0 Å². The number of rotatable bonds is 11. The van der Waals surface area contributed by atoms with E-state index in [4.69, 9.17) is 9.84 Å². The van der Waals surface area contributed by atoms with Crippen LogP contribution in [0.15, 0.2) is 24.3 Å². The number of benzene rings is 1. The number of carboxylic acids is 1. The van der Waals surface area contributed by atoms with E-state index in [1.807, 2.05) is 0 Å². The molecule has 1 aromatic rings. The van der Waals surface area contributed by atoms with Crippen molar-refractivity contribution in [3.05, 3.63) is 35.4 Å². The first-order valence-electron chi connectivity index (χ1n) is 8.07. The Morgan fingerprint density at radius 3 is 2.35 bits per heavy atom. The Kier molecular flexibility index (Phi) is 8.65. The Labute approximate surface area is 136 Å². The second-order valence-corrected chi connectivity index (χ2v) is 5.47. The number of aromatic carboxylic acids is 1. The van der Waals surface area contributed by atoms with Crippen LogP contribution >= 0.6 is 0 Å². The highest BCUT2D eigenvalue weighted by Crippen LogP contribution is 2.10. The van der Waals surface area contributed by atoms with Crippen molar-refractivity contribution in [2.75, 3.05) is 6.61 Å². The van der Waals surface area contributed by atoms with Crippen molar-refractivity contribution in [1.29, 1.82) is 0 Å². The molecule has 0 atom stereocenters. The quantitative estimate of drug-likeness (QED) is 0.384. The molecule has 0 radical (unpaired) electrons. The third kappa shape index (κ3) is 7.08. The van der Waals surface area contributed by atoms with Gasteiger partial charge in [0.15, 0.2) is 0 Å². The van der Waals surface area contributed by atoms with Gasteiger partial charge in [0, 0.05) is 6.42 Å².